The van der Waals surface area contributed by atoms with Crippen molar-refractivity contribution in [3.05, 3.63) is 87.9 Å². The normalized spacial score (nSPS) is 17.0. The van der Waals surface area contributed by atoms with Gasteiger partial charge in [-0.2, -0.15) is 9.21 Å². The third kappa shape index (κ3) is 5.47. The highest BCUT2D eigenvalue weighted by molar-refractivity contribution is 7.89. The second-order valence-corrected chi connectivity index (χ2v) is 13.1. The van der Waals surface area contributed by atoms with Crippen molar-refractivity contribution >= 4 is 43.9 Å². The van der Waals surface area contributed by atoms with E-state index in [4.69, 9.17) is 21.6 Å². The first-order valence-electron chi connectivity index (χ1n) is 13.1. The standard InChI is InChI=1S/C28H26ClN7O3S2/c1-18(34-37)19-4-2-5-20(16-19)25-26(36-14-15-40-28(36)33-25)24-11-12-30-27(32-24)31-22-6-3-13-35(17-22)41(38,39)23-9-7-21(29)8-10-23/h2,4-5,7-12,14-16,18,22H,3,6,13,17H2,1H3,(H,30,31,32)/t18?,22-/m1/s1. The topological polar surface area (TPSA) is 122 Å². The minimum absolute atomic E-state index is 0.166. The monoisotopic (exact) mass is 607 g/mol. The molecule has 41 heavy (non-hydrogen) atoms. The minimum Gasteiger partial charge on any atom is -0.350 e. The summed E-state index contributed by atoms with van der Waals surface area (Å²) in [6.45, 7) is 2.49. The summed E-state index contributed by atoms with van der Waals surface area (Å²) in [7, 11) is -3.66. The molecule has 3 aromatic heterocycles. The van der Waals surface area contributed by atoms with Crippen LogP contribution in [0.1, 0.15) is 31.4 Å². The summed E-state index contributed by atoms with van der Waals surface area (Å²) in [6.07, 6.45) is 5.11. The Morgan fingerprint density at radius 1 is 1.15 bits per heavy atom. The molecule has 1 aliphatic rings. The van der Waals surface area contributed by atoms with E-state index in [9.17, 15) is 13.3 Å². The molecular weight excluding hydrogens is 582 g/mol. The Labute approximate surface area is 246 Å². The van der Waals surface area contributed by atoms with Gasteiger partial charge in [0.1, 0.15) is 11.7 Å². The smallest absolute Gasteiger partial charge is 0.243 e. The summed E-state index contributed by atoms with van der Waals surface area (Å²) in [6, 6.07) is 15.1. The van der Waals surface area contributed by atoms with Crippen LogP contribution in [0, 0.1) is 4.91 Å². The molecule has 5 aromatic rings. The molecule has 210 valence electrons. The molecule has 1 fully saturated rings. The Balaban J connectivity index is 1.29. The lowest BCUT2D eigenvalue weighted by molar-refractivity contribution is 0.326. The molecule has 0 amide bonds. The lowest BCUT2D eigenvalue weighted by Crippen LogP contribution is -2.45. The minimum atomic E-state index is -3.66. The first-order chi connectivity index (χ1) is 19.8. The predicted octanol–water partition coefficient (Wildman–Crippen LogP) is 6.27. The zero-order valence-electron chi connectivity index (χ0n) is 22.0. The molecule has 0 radical (unpaired) electrons. The lowest BCUT2D eigenvalue weighted by Gasteiger charge is -2.32. The third-order valence-corrected chi connectivity index (χ3v) is 10.0. The molecule has 0 bridgehead atoms. The maximum Gasteiger partial charge on any atom is 0.243 e. The van der Waals surface area contributed by atoms with Crippen LogP contribution in [0.25, 0.3) is 27.6 Å². The highest BCUT2D eigenvalue weighted by Crippen LogP contribution is 2.35. The summed E-state index contributed by atoms with van der Waals surface area (Å²) in [5.41, 5.74) is 3.86. The van der Waals surface area contributed by atoms with E-state index in [1.165, 1.54) is 27.8 Å². The molecule has 0 aliphatic carbocycles. The highest BCUT2D eigenvalue weighted by atomic mass is 35.5. The summed E-state index contributed by atoms with van der Waals surface area (Å²) in [5.74, 6) is 0.405. The Morgan fingerprint density at radius 3 is 2.78 bits per heavy atom. The first-order valence-corrected chi connectivity index (χ1v) is 15.8. The van der Waals surface area contributed by atoms with Crippen LogP contribution >= 0.6 is 22.9 Å². The molecule has 4 heterocycles. The molecule has 2 aromatic carbocycles. The number of aromatic nitrogens is 4. The van der Waals surface area contributed by atoms with Gasteiger partial charge < -0.3 is 5.32 Å². The molecule has 0 spiro atoms. The van der Waals surface area contributed by atoms with Crippen LogP contribution in [0.5, 0.6) is 0 Å². The number of fused-ring (bicyclic) bond motifs is 1. The van der Waals surface area contributed by atoms with Gasteiger partial charge in [-0.3, -0.25) is 4.40 Å². The van der Waals surface area contributed by atoms with Crippen LogP contribution in [0.15, 0.2) is 82.4 Å². The van der Waals surface area contributed by atoms with Crippen molar-refractivity contribution < 1.29 is 8.42 Å². The number of benzene rings is 2. The summed E-state index contributed by atoms with van der Waals surface area (Å²) < 4.78 is 30.0. The number of nitroso groups, excluding NO2 is 1. The molecular formula is C28H26ClN7O3S2. The molecule has 2 atom stereocenters. The Hall–Kier alpha value is -3.71. The fourth-order valence-corrected chi connectivity index (χ4v) is 7.38. The van der Waals surface area contributed by atoms with Crippen LogP contribution in [-0.4, -0.2) is 51.2 Å². The summed E-state index contributed by atoms with van der Waals surface area (Å²) >= 11 is 7.47. The molecule has 1 aliphatic heterocycles. The molecule has 13 heteroatoms. The van der Waals surface area contributed by atoms with Gasteiger partial charge in [0, 0.05) is 47.5 Å². The van der Waals surface area contributed by atoms with Gasteiger partial charge in [0.15, 0.2) is 4.96 Å². The van der Waals surface area contributed by atoms with Gasteiger partial charge in [-0.15, -0.1) is 11.3 Å². The van der Waals surface area contributed by atoms with Gasteiger partial charge in [-0.1, -0.05) is 35.0 Å². The number of imidazole rings is 1. The molecule has 6 rings (SSSR count). The van der Waals surface area contributed by atoms with Crippen molar-refractivity contribution in [3.63, 3.8) is 0 Å². The third-order valence-electron chi connectivity index (χ3n) is 7.13. The van der Waals surface area contributed by atoms with Crippen LogP contribution < -0.4 is 5.32 Å². The zero-order valence-corrected chi connectivity index (χ0v) is 24.4. The number of halogens is 1. The van der Waals surface area contributed by atoms with Gasteiger partial charge in [0.05, 0.1) is 16.3 Å². The maximum absolute atomic E-state index is 13.3. The number of piperidine rings is 1. The van der Waals surface area contributed by atoms with Crippen molar-refractivity contribution in [3.8, 4) is 22.6 Å². The SMILES string of the molecule is CC(N=O)c1cccc(-c2nc3sccn3c2-c2ccnc(N[C@@H]3CCCN(S(=O)(=O)c4ccc(Cl)cc4)C3)n2)c1. The predicted molar refractivity (Wildman–Crippen MR) is 161 cm³/mol. The van der Waals surface area contributed by atoms with Gasteiger partial charge in [0.2, 0.25) is 16.0 Å². The first kappa shape index (κ1) is 27.5. The van der Waals surface area contributed by atoms with Crippen molar-refractivity contribution in [2.45, 2.75) is 36.7 Å². The van der Waals surface area contributed by atoms with Gasteiger partial charge in [-0.25, -0.2) is 23.4 Å². The Kier molecular flexibility index (Phi) is 7.56. The molecule has 10 nitrogen and oxygen atoms in total. The van der Waals surface area contributed by atoms with Crippen LogP contribution in [-0.2, 0) is 10.0 Å². The van der Waals surface area contributed by atoms with E-state index in [1.54, 1.807) is 25.3 Å². The largest absolute Gasteiger partial charge is 0.350 e. The molecule has 1 saturated heterocycles. The second-order valence-electron chi connectivity index (χ2n) is 9.84. The van der Waals surface area contributed by atoms with E-state index in [0.717, 1.165) is 33.9 Å². The maximum atomic E-state index is 13.3. The van der Waals surface area contributed by atoms with Crippen LogP contribution in [0.2, 0.25) is 5.02 Å². The van der Waals surface area contributed by atoms with Crippen LogP contribution in [0.3, 0.4) is 0 Å². The molecule has 1 unspecified atom stereocenters. The molecule has 0 saturated carbocycles. The Bertz CT molecular complexity index is 1820. The summed E-state index contributed by atoms with van der Waals surface area (Å²) in [5, 5.41) is 8.97. The quantitative estimate of drug-likeness (QED) is 0.206. The fourth-order valence-electron chi connectivity index (χ4n) is 5.02. The van der Waals surface area contributed by atoms with Gasteiger partial charge in [-0.05, 0) is 61.7 Å². The Morgan fingerprint density at radius 2 is 1.98 bits per heavy atom. The molecule has 1 N–H and O–H groups in total. The van der Waals surface area contributed by atoms with Gasteiger partial charge >= 0.3 is 0 Å². The van der Waals surface area contributed by atoms with Crippen molar-refractivity contribution in [1.29, 1.82) is 0 Å². The number of hydrogen-bond donors (Lipinski definition) is 1. The lowest BCUT2D eigenvalue weighted by atomic mass is 10.0. The number of nitrogens with zero attached hydrogens (tertiary/aromatic N) is 6. The number of thiazole rings is 1. The van der Waals surface area contributed by atoms with Crippen molar-refractivity contribution in [2.75, 3.05) is 18.4 Å². The number of rotatable bonds is 8. The van der Waals surface area contributed by atoms with E-state index < -0.39 is 16.1 Å². The zero-order chi connectivity index (χ0) is 28.6. The number of sulfonamides is 1. The second kappa shape index (κ2) is 11.3. The van der Waals surface area contributed by atoms with Crippen molar-refractivity contribution in [1.82, 2.24) is 23.7 Å². The van der Waals surface area contributed by atoms with E-state index in [2.05, 4.69) is 15.5 Å². The van der Waals surface area contributed by atoms with E-state index in [-0.39, 0.29) is 10.9 Å². The average molecular weight is 608 g/mol. The number of hydrogen-bond acceptors (Lipinski definition) is 9. The number of nitrogens with one attached hydrogen (secondary N) is 1. The number of anilines is 1. The van der Waals surface area contributed by atoms with E-state index >= 15 is 0 Å². The van der Waals surface area contributed by atoms with E-state index in [1.807, 2.05) is 46.3 Å². The van der Waals surface area contributed by atoms with Crippen LogP contribution in [0.4, 0.5) is 5.95 Å². The average Bonchev–Trinajstić information content (AvgIpc) is 3.59. The van der Waals surface area contributed by atoms with Gasteiger partial charge in [0.25, 0.3) is 0 Å². The van der Waals surface area contributed by atoms with E-state index in [0.29, 0.717) is 36.2 Å². The van der Waals surface area contributed by atoms with Crippen molar-refractivity contribution in [2.24, 2.45) is 5.18 Å². The fraction of sp³-hybridized carbons (Fsp3) is 0.250. The highest BCUT2D eigenvalue weighted by Gasteiger charge is 2.31. The summed E-state index contributed by atoms with van der Waals surface area (Å²) in [4.78, 5) is 26.3.